The Bertz CT molecular complexity index is 911. The van der Waals surface area contributed by atoms with Crippen LogP contribution in [-0.2, 0) is 5.41 Å². The lowest BCUT2D eigenvalue weighted by Gasteiger charge is -2.38. The molecule has 0 aliphatic carbocycles. The molecule has 0 saturated heterocycles. The predicted molar refractivity (Wildman–Crippen MR) is 160 cm³/mol. The van der Waals surface area contributed by atoms with Gasteiger partial charge in [-0.3, -0.25) is 4.90 Å². The maximum Gasteiger partial charge on any atom is 0.234 e. The van der Waals surface area contributed by atoms with Crippen molar-refractivity contribution in [3.05, 3.63) is 36.2 Å². The van der Waals surface area contributed by atoms with E-state index in [1.807, 2.05) is 25.2 Å². The van der Waals surface area contributed by atoms with E-state index in [9.17, 15) is 0 Å². The fourth-order valence-electron chi connectivity index (χ4n) is 4.89. The molecular formula is C31H54N6. The Labute approximate surface area is 227 Å². The average Bonchev–Trinajstić information content (AvgIpc) is 2.90. The van der Waals surface area contributed by atoms with Crippen LogP contribution in [0.15, 0.2) is 30.3 Å². The van der Waals surface area contributed by atoms with Gasteiger partial charge in [-0.25, -0.2) is 0 Å². The van der Waals surface area contributed by atoms with Crippen molar-refractivity contribution in [1.29, 1.82) is 0 Å². The van der Waals surface area contributed by atoms with Gasteiger partial charge >= 0.3 is 0 Å². The summed E-state index contributed by atoms with van der Waals surface area (Å²) in [6, 6.07) is 10.3. The summed E-state index contributed by atoms with van der Waals surface area (Å²) in [4.78, 5) is 21.9. The smallest absolute Gasteiger partial charge is 0.234 e. The fourth-order valence-corrected chi connectivity index (χ4v) is 4.89. The Morgan fingerprint density at radius 1 is 0.730 bits per heavy atom. The van der Waals surface area contributed by atoms with Crippen molar-refractivity contribution in [3.63, 3.8) is 0 Å². The highest BCUT2D eigenvalue weighted by Crippen LogP contribution is 2.29. The highest BCUT2D eigenvalue weighted by molar-refractivity contribution is 5.57. The predicted octanol–water partition coefficient (Wildman–Crippen LogP) is 7.61. The number of anilines is 3. The molecule has 0 aliphatic rings. The molecule has 2 aromatic rings. The Hall–Kier alpha value is -2.21. The Morgan fingerprint density at radius 3 is 1.92 bits per heavy atom. The van der Waals surface area contributed by atoms with Crippen LogP contribution in [0.5, 0.6) is 0 Å². The quantitative estimate of drug-likeness (QED) is 0.204. The van der Waals surface area contributed by atoms with Crippen LogP contribution in [0.2, 0.25) is 0 Å². The standard InChI is InChI=1S/C31H54N6/c1-10-23-31(7,8)37(13-4)25-20-15-14-19-24-36(12-3)29-33-27(30(5,6)11-2)32-28(34-29)35(9)26-21-17-16-18-22-26/h16-18,21-22H,10-15,19-20,23-25H2,1-9H3. The van der Waals surface area contributed by atoms with Crippen molar-refractivity contribution < 1.29 is 0 Å². The summed E-state index contributed by atoms with van der Waals surface area (Å²) in [6.07, 6.45) is 8.39. The summed E-state index contributed by atoms with van der Waals surface area (Å²) in [5, 5.41) is 0. The summed E-state index contributed by atoms with van der Waals surface area (Å²) in [7, 11) is 2.04. The summed E-state index contributed by atoms with van der Waals surface area (Å²) in [6.45, 7) is 22.4. The zero-order valence-corrected chi connectivity index (χ0v) is 25.3. The SMILES string of the molecule is CCCC(C)(C)N(CC)CCCCCCN(CC)c1nc(N(C)c2ccccc2)nc(C(C)(C)CC)n1. The van der Waals surface area contributed by atoms with Crippen molar-refractivity contribution in [2.75, 3.05) is 43.0 Å². The average molecular weight is 511 g/mol. The number of unbranched alkanes of at least 4 members (excludes halogenated alkanes) is 3. The Morgan fingerprint density at radius 2 is 1.35 bits per heavy atom. The lowest BCUT2D eigenvalue weighted by Crippen LogP contribution is -2.44. The third-order valence-electron chi connectivity index (χ3n) is 7.91. The second-order valence-corrected chi connectivity index (χ2v) is 11.5. The minimum atomic E-state index is -0.111. The Kier molecular flexibility index (Phi) is 12.3. The second-order valence-electron chi connectivity index (χ2n) is 11.5. The van der Waals surface area contributed by atoms with Crippen LogP contribution in [-0.4, -0.2) is 58.6 Å². The first kappa shape index (κ1) is 31.0. The van der Waals surface area contributed by atoms with Gasteiger partial charge in [0.15, 0.2) is 0 Å². The molecule has 1 aromatic heterocycles. The molecule has 1 heterocycles. The molecule has 208 valence electrons. The second kappa shape index (κ2) is 14.7. The van der Waals surface area contributed by atoms with Crippen molar-refractivity contribution in [2.24, 2.45) is 0 Å². The molecule has 0 fully saturated rings. The summed E-state index contributed by atoms with van der Waals surface area (Å²) < 4.78 is 0. The lowest BCUT2D eigenvalue weighted by molar-refractivity contribution is 0.114. The molecule has 0 aliphatic heterocycles. The Balaban J connectivity index is 2.07. The molecule has 0 unspecified atom stereocenters. The molecule has 0 N–H and O–H groups in total. The van der Waals surface area contributed by atoms with Crippen molar-refractivity contribution in [1.82, 2.24) is 19.9 Å². The van der Waals surface area contributed by atoms with Gasteiger partial charge in [0.1, 0.15) is 5.82 Å². The minimum Gasteiger partial charge on any atom is -0.341 e. The van der Waals surface area contributed by atoms with Gasteiger partial charge in [0.2, 0.25) is 11.9 Å². The van der Waals surface area contributed by atoms with Gasteiger partial charge in [0.25, 0.3) is 0 Å². The number of hydrogen-bond donors (Lipinski definition) is 0. The number of benzene rings is 1. The first-order valence-electron chi connectivity index (χ1n) is 14.6. The molecule has 0 saturated carbocycles. The van der Waals surface area contributed by atoms with E-state index in [0.29, 0.717) is 11.5 Å². The maximum atomic E-state index is 4.99. The number of para-hydroxylation sites is 1. The highest BCUT2D eigenvalue weighted by atomic mass is 15.3. The largest absolute Gasteiger partial charge is 0.341 e. The zero-order chi connectivity index (χ0) is 27.5. The monoisotopic (exact) mass is 510 g/mol. The van der Waals surface area contributed by atoms with E-state index in [1.54, 1.807) is 0 Å². The first-order chi connectivity index (χ1) is 17.6. The van der Waals surface area contributed by atoms with Crippen LogP contribution in [0, 0.1) is 0 Å². The van der Waals surface area contributed by atoms with Crippen molar-refractivity contribution in [3.8, 4) is 0 Å². The molecule has 0 atom stereocenters. The molecule has 6 heteroatoms. The number of nitrogens with zero attached hydrogens (tertiary/aromatic N) is 6. The molecule has 2 rings (SSSR count). The van der Waals surface area contributed by atoms with Gasteiger partial charge in [-0.1, -0.05) is 72.1 Å². The third kappa shape index (κ3) is 8.94. The number of aromatic nitrogens is 3. The minimum absolute atomic E-state index is 0.111. The highest BCUT2D eigenvalue weighted by Gasteiger charge is 2.26. The van der Waals surface area contributed by atoms with E-state index >= 15 is 0 Å². The van der Waals surface area contributed by atoms with Gasteiger partial charge in [0.05, 0.1) is 0 Å². The van der Waals surface area contributed by atoms with Gasteiger partial charge < -0.3 is 9.80 Å². The zero-order valence-electron chi connectivity index (χ0n) is 25.3. The molecular weight excluding hydrogens is 456 g/mol. The van der Waals surface area contributed by atoms with E-state index in [2.05, 4.69) is 82.2 Å². The molecule has 0 spiro atoms. The van der Waals surface area contributed by atoms with E-state index in [-0.39, 0.29) is 5.41 Å². The molecule has 1 aromatic carbocycles. The van der Waals surface area contributed by atoms with E-state index in [1.165, 1.54) is 38.6 Å². The molecule has 6 nitrogen and oxygen atoms in total. The van der Waals surface area contributed by atoms with Gasteiger partial charge in [-0.2, -0.15) is 15.0 Å². The maximum absolute atomic E-state index is 4.99. The topological polar surface area (TPSA) is 48.4 Å². The van der Waals surface area contributed by atoms with Crippen LogP contribution >= 0.6 is 0 Å². The van der Waals surface area contributed by atoms with Gasteiger partial charge in [-0.15, -0.1) is 0 Å². The van der Waals surface area contributed by atoms with Crippen LogP contribution in [0.4, 0.5) is 17.6 Å². The van der Waals surface area contributed by atoms with Crippen LogP contribution in [0.25, 0.3) is 0 Å². The normalized spacial score (nSPS) is 12.3. The molecule has 0 bridgehead atoms. The number of rotatable bonds is 17. The molecule has 0 radical (unpaired) electrons. The number of hydrogen-bond acceptors (Lipinski definition) is 6. The molecule has 37 heavy (non-hydrogen) atoms. The fraction of sp³-hybridized carbons (Fsp3) is 0.710. The van der Waals surface area contributed by atoms with Gasteiger partial charge in [0, 0.05) is 36.8 Å². The van der Waals surface area contributed by atoms with E-state index in [4.69, 9.17) is 15.0 Å². The van der Waals surface area contributed by atoms with Crippen LogP contribution in [0.1, 0.15) is 106 Å². The summed E-state index contributed by atoms with van der Waals surface area (Å²) >= 11 is 0. The van der Waals surface area contributed by atoms with Gasteiger partial charge in [-0.05, 0) is 71.7 Å². The lowest BCUT2D eigenvalue weighted by atomic mass is 9.89. The summed E-state index contributed by atoms with van der Waals surface area (Å²) in [5.74, 6) is 2.37. The van der Waals surface area contributed by atoms with Crippen molar-refractivity contribution >= 4 is 17.6 Å². The van der Waals surface area contributed by atoms with Crippen LogP contribution in [0.3, 0.4) is 0 Å². The van der Waals surface area contributed by atoms with E-state index < -0.39 is 0 Å². The first-order valence-corrected chi connectivity index (χ1v) is 14.6. The summed E-state index contributed by atoms with van der Waals surface area (Å²) in [5.41, 5.74) is 1.27. The van der Waals surface area contributed by atoms with Crippen molar-refractivity contribution in [2.45, 2.75) is 111 Å². The van der Waals surface area contributed by atoms with Crippen LogP contribution < -0.4 is 9.80 Å². The van der Waals surface area contributed by atoms with E-state index in [0.717, 1.165) is 49.9 Å². The third-order valence-corrected chi connectivity index (χ3v) is 7.91. The molecule has 0 amide bonds.